The van der Waals surface area contributed by atoms with Crippen LogP contribution in [0.1, 0.15) is 45.9 Å². The summed E-state index contributed by atoms with van der Waals surface area (Å²) in [6.07, 6.45) is 1.20. The van der Waals surface area contributed by atoms with Gasteiger partial charge < -0.3 is 10.2 Å². The Morgan fingerprint density at radius 2 is 1.89 bits per heavy atom. The highest BCUT2D eigenvalue weighted by atomic mass is 32.1. The lowest BCUT2D eigenvalue weighted by molar-refractivity contribution is 0.0915. The van der Waals surface area contributed by atoms with E-state index < -0.39 is 5.54 Å². The standard InChI is InChI=1S/C26H26FN5O2S/c1-26(2,17-6-4-7-18(27)14-17)28-23(33)21-15-20-22(29-30-24(20)35-21)31(3)25(34)16-8-10-19(11-9-16)32-12-5-13-32/h4,6-11,14-15H,5,12-13H2,1-3H3,(H,28,33)(H,29,30). The number of halogens is 1. The summed E-state index contributed by atoms with van der Waals surface area (Å²) in [4.78, 5) is 31.0. The molecule has 1 aliphatic heterocycles. The number of hydrogen-bond donors (Lipinski definition) is 2. The minimum atomic E-state index is -0.773. The van der Waals surface area contributed by atoms with Crippen LogP contribution in [0.25, 0.3) is 10.2 Å². The molecule has 1 aliphatic rings. The molecule has 1 saturated heterocycles. The summed E-state index contributed by atoms with van der Waals surface area (Å²) in [5.74, 6) is -0.289. The topological polar surface area (TPSA) is 81.3 Å². The van der Waals surface area contributed by atoms with E-state index in [1.807, 2.05) is 38.1 Å². The van der Waals surface area contributed by atoms with Gasteiger partial charge in [-0.25, -0.2) is 4.39 Å². The number of H-pyrrole nitrogens is 1. The monoisotopic (exact) mass is 491 g/mol. The fourth-order valence-corrected chi connectivity index (χ4v) is 5.03. The average molecular weight is 492 g/mol. The second kappa shape index (κ2) is 8.81. The number of carbonyl (C=O) groups excluding carboxylic acids is 2. The second-order valence-corrected chi connectivity index (χ2v) is 10.3. The van der Waals surface area contributed by atoms with Crippen LogP contribution in [0.3, 0.4) is 0 Å². The molecule has 35 heavy (non-hydrogen) atoms. The molecule has 3 heterocycles. The maximum Gasteiger partial charge on any atom is 0.262 e. The molecule has 0 spiro atoms. The van der Waals surface area contributed by atoms with E-state index in [0.29, 0.717) is 32.0 Å². The smallest absolute Gasteiger partial charge is 0.262 e. The van der Waals surface area contributed by atoms with E-state index in [-0.39, 0.29) is 17.6 Å². The van der Waals surface area contributed by atoms with Gasteiger partial charge in [-0.3, -0.25) is 19.6 Å². The van der Waals surface area contributed by atoms with Crippen LogP contribution in [-0.2, 0) is 5.54 Å². The summed E-state index contributed by atoms with van der Waals surface area (Å²) < 4.78 is 13.7. The van der Waals surface area contributed by atoms with Gasteiger partial charge in [0.15, 0.2) is 0 Å². The molecule has 5 rings (SSSR count). The highest BCUT2D eigenvalue weighted by molar-refractivity contribution is 7.20. The molecule has 9 heteroatoms. The van der Waals surface area contributed by atoms with Crippen LogP contribution >= 0.6 is 11.3 Å². The zero-order valence-corrected chi connectivity index (χ0v) is 20.6. The highest BCUT2D eigenvalue weighted by Gasteiger charge is 2.27. The van der Waals surface area contributed by atoms with Crippen LogP contribution in [0.15, 0.2) is 54.6 Å². The molecule has 0 bridgehead atoms. The number of aromatic amines is 1. The Labute approximate surface area is 206 Å². The van der Waals surface area contributed by atoms with Gasteiger partial charge in [0, 0.05) is 31.4 Å². The number of nitrogens with one attached hydrogen (secondary N) is 2. The van der Waals surface area contributed by atoms with Crippen molar-refractivity contribution >= 4 is 44.9 Å². The Kier molecular flexibility index (Phi) is 5.80. The molecular formula is C26H26FN5O2S. The summed E-state index contributed by atoms with van der Waals surface area (Å²) in [6.45, 7) is 5.74. The summed E-state index contributed by atoms with van der Waals surface area (Å²) in [5.41, 5.74) is 1.59. The SMILES string of the molecule is CN(C(=O)c1ccc(N2CCC2)cc1)c1[nH]nc2sc(C(=O)NC(C)(C)c3cccc(F)c3)cc12. The quantitative estimate of drug-likeness (QED) is 0.401. The van der Waals surface area contributed by atoms with E-state index in [1.165, 1.54) is 34.8 Å². The number of aromatic nitrogens is 2. The van der Waals surface area contributed by atoms with E-state index in [4.69, 9.17) is 0 Å². The van der Waals surface area contributed by atoms with Crippen molar-refractivity contribution < 1.29 is 14.0 Å². The molecule has 2 aromatic heterocycles. The largest absolute Gasteiger partial charge is 0.371 e. The molecule has 1 fully saturated rings. The van der Waals surface area contributed by atoms with Crippen LogP contribution in [-0.4, -0.2) is 42.1 Å². The van der Waals surface area contributed by atoms with E-state index >= 15 is 0 Å². The van der Waals surface area contributed by atoms with E-state index in [2.05, 4.69) is 20.4 Å². The molecule has 2 amide bonds. The predicted molar refractivity (Wildman–Crippen MR) is 137 cm³/mol. The number of rotatable bonds is 6. The maximum absolute atomic E-state index is 13.7. The van der Waals surface area contributed by atoms with E-state index in [0.717, 1.165) is 18.8 Å². The predicted octanol–water partition coefficient (Wildman–Crippen LogP) is 4.92. The zero-order valence-electron chi connectivity index (χ0n) is 19.8. The Balaban J connectivity index is 1.34. The van der Waals surface area contributed by atoms with Gasteiger partial charge in [-0.05, 0) is 68.3 Å². The first-order valence-corrected chi connectivity index (χ1v) is 12.2. The average Bonchev–Trinajstić information content (AvgIpc) is 3.38. The van der Waals surface area contributed by atoms with Crippen molar-refractivity contribution in [2.24, 2.45) is 0 Å². The molecule has 2 N–H and O–H groups in total. The Hall–Kier alpha value is -3.72. The van der Waals surface area contributed by atoms with Crippen molar-refractivity contribution in [3.8, 4) is 0 Å². The van der Waals surface area contributed by atoms with Crippen molar-refractivity contribution in [2.45, 2.75) is 25.8 Å². The summed E-state index contributed by atoms with van der Waals surface area (Å²) in [5, 5.41) is 10.9. The molecule has 180 valence electrons. The first-order chi connectivity index (χ1) is 16.7. The third-order valence-corrected chi connectivity index (χ3v) is 7.43. The van der Waals surface area contributed by atoms with Crippen LogP contribution < -0.4 is 15.1 Å². The van der Waals surface area contributed by atoms with Gasteiger partial charge in [-0.15, -0.1) is 11.3 Å². The maximum atomic E-state index is 13.7. The Morgan fingerprint density at radius 1 is 1.14 bits per heavy atom. The van der Waals surface area contributed by atoms with E-state index in [9.17, 15) is 14.0 Å². The molecular weight excluding hydrogens is 465 g/mol. The van der Waals surface area contributed by atoms with Gasteiger partial charge in [0.1, 0.15) is 16.5 Å². The number of thiophene rings is 1. The summed E-state index contributed by atoms with van der Waals surface area (Å²) >= 11 is 1.23. The molecule has 4 aromatic rings. The number of benzene rings is 2. The van der Waals surface area contributed by atoms with Gasteiger partial charge in [0.25, 0.3) is 11.8 Å². The molecule has 0 unspecified atom stereocenters. The number of anilines is 2. The summed E-state index contributed by atoms with van der Waals surface area (Å²) in [7, 11) is 1.68. The number of nitrogens with zero attached hydrogens (tertiary/aromatic N) is 3. The van der Waals surface area contributed by atoms with Crippen LogP contribution in [0.4, 0.5) is 15.9 Å². The van der Waals surface area contributed by atoms with Crippen molar-refractivity contribution in [2.75, 3.05) is 29.9 Å². The van der Waals surface area contributed by atoms with Crippen LogP contribution in [0, 0.1) is 5.82 Å². The van der Waals surface area contributed by atoms with E-state index in [1.54, 1.807) is 25.2 Å². The second-order valence-electron chi connectivity index (χ2n) is 9.24. The number of amides is 2. The molecule has 7 nitrogen and oxygen atoms in total. The fraction of sp³-hybridized carbons (Fsp3) is 0.269. The Bertz CT molecular complexity index is 1400. The first-order valence-electron chi connectivity index (χ1n) is 11.4. The molecule has 0 radical (unpaired) electrons. The minimum absolute atomic E-state index is 0.171. The van der Waals surface area contributed by atoms with Crippen molar-refractivity contribution in [1.29, 1.82) is 0 Å². The van der Waals surface area contributed by atoms with Crippen LogP contribution in [0.2, 0.25) is 0 Å². The first kappa shape index (κ1) is 23.0. The van der Waals surface area contributed by atoms with Crippen LogP contribution in [0.5, 0.6) is 0 Å². The van der Waals surface area contributed by atoms with Gasteiger partial charge >= 0.3 is 0 Å². The molecule has 0 atom stereocenters. The van der Waals surface area contributed by atoms with Crippen molar-refractivity contribution in [1.82, 2.24) is 15.5 Å². The van der Waals surface area contributed by atoms with Crippen molar-refractivity contribution in [3.63, 3.8) is 0 Å². The fourth-order valence-electron chi connectivity index (χ4n) is 4.14. The Morgan fingerprint density at radius 3 is 2.54 bits per heavy atom. The molecule has 0 saturated carbocycles. The third-order valence-electron chi connectivity index (χ3n) is 6.40. The minimum Gasteiger partial charge on any atom is -0.371 e. The summed E-state index contributed by atoms with van der Waals surface area (Å²) in [6, 6.07) is 15.5. The highest BCUT2D eigenvalue weighted by Crippen LogP contribution is 2.32. The van der Waals surface area contributed by atoms with Gasteiger partial charge in [0.05, 0.1) is 15.8 Å². The lowest BCUT2D eigenvalue weighted by Crippen LogP contribution is -2.40. The van der Waals surface area contributed by atoms with Crippen molar-refractivity contribution in [3.05, 3.63) is 76.4 Å². The molecule has 2 aromatic carbocycles. The number of hydrogen-bond acceptors (Lipinski definition) is 5. The third kappa shape index (κ3) is 4.39. The van der Waals surface area contributed by atoms with Gasteiger partial charge in [0.2, 0.25) is 0 Å². The number of fused-ring (bicyclic) bond motifs is 1. The lowest BCUT2D eigenvalue weighted by Gasteiger charge is -2.33. The number of carbonyl (C=O) groups is 2. The normalized spacial score (nSPS) is 13.5. The molecule has 0 aliphatic carbocycles. The zero-order chi connectivity index (χ0) is 24.7. The lowest BCUT2D eigenvalue weighted by atomic mass is 9.94. The van der Waals surface area contributed by atoms with Gasteiger partial charge in [-0.2, -0.15) is 5.10 Å². The van der Waals surface area contributed by atoms with Gasteiger partial charge in [-0.1, -0.05) is 12.1 Å².